The lowest BCUT2D eigenvalue weighted by atomic mass is 9.86. The minimum absolute atomic E-state index is 0.00789. The van der Waals surface area contributed by atoms with Gasteiger partial charge in [0.15, 0.2) is 23.5 Å². The first-order chi connectivity index (χ1) is 42.4. The molecule has 25 heteroatoms. The highest BCUT2D eigenvalue weighted by Crippen LogP contribution is 2.27. The maximum Gasteiger partial charge on any atom is 0.243 e. The predicted molar refractivity (Wildman–Crippen MR) is 337 cm³/mol. The van der Waals surface area contributed by atoms with Crippen molar-refractivity contribution in [3.05, 3.63) is 114 Å². The van der Waals surface area contributed by atoms with E-state index in [4.69, 9.17) is 40.1 Å². The molecule has 25 nitrogen and oxygen atoms in total. The van der Waals surface area contributed by atoms with Gasteiger partial charge in [-0.25, -0.2) is 0 Å². The smallest absolute Gasteiger partial charge is 0.243 e. The highest BCUT2D eigenvalue weighted by Gasteiger charge is 2.41. The van der Waals surface area contributed by atoms with E-state index in [9.17, 15) is 43.5 Å². The molecule has 480 valence electrons. The largest absolute Gasteiger partial charge is 0.508 e. The molecule has 1 aliphatic rings. The van der Waals surface area contributed by atoms with Gasteiger partial charge in [0.2, 0.25) is 41.4 Å². The molecule has 7 amide bonds. The lowest BCUT2D eigenvalue weighted by Crippen LogP contribution is -2.56. The summed E-state index contributed by atoms with van der Waals surface area (Å²) in [5, 5.41) is 22.8. The van der Waals surface area contributed by atoms with E-state index in [1.54, 1.807) is 42.5 Å². The van der Waals surface area contributed by atoms with Crippen LogP contribution in [-0.4, -0.2) is 137 Å². The molecular formula is C64H88N14O11. The molecule has 1 aliphatic heterocycles. The number of carbonyl (C=O) groups excluding carboxylic acids is 10. The van der Waals surface area contributed by atoms with E-state index in [0.29, 0.717) is 17.5 Å². The maximum absolute atomic E-state index is 15.1. The Kier molecular flexibility index (Phi) is 28.1. The van der Waals surface area contributed by atoms with Gasteiger partial charge in [-0.15, -0.1) is 0 Å². The number of rotatable bonds is 38. The van der Waals surface area contributed by atoms with Gasteiger partial charge in [-0.05, 0) is 116 Å². The number of carbonyl (C=O) groups is 10. The van der Waals surface area contributed by atoms with Crippen molar-refractivity contribution in [3.63, 3.8) is 0 Å². The van der Waals surface area contributed by atoms with E-state index in [2.05, 4.69) is 31.3 Å². The van der Waals surface area contributed by atoms with Crippen LogP contribution in [0.15, 0.2) is 107 Å². The number of likely N-dealkylation sites (tertiary alicyclic amines) is 1. The van der Waals surface area contributed by atoms with Crippen LogP contribution in [0.4, 0.5) is 0 Å². The van der Waals surface area contributed by atoms with Gasteiger partial charge in [0.05, 0.1) is 18.5 Å². The summed E-state index contributed by atoms with van der Waals surface area (Å²) in [6.45, 7) is 4.10. The molecule has 4 aromatic rings. The van der Waals surface area contributed by atoms with Crippen molar-refractivity contribution in [2.24, 2.45) is 73.8 Å². The lowest BCUT2D eigenvalue weighted by Gasteiger charge is -2.30. The summed E-state index contributed by atoms with van der Waals surface area (Å²) in [7, 11) is 0. The first-order valence-electron chi connectivity index (χ1n) is 30.2. The average molecular weight is 1230 g/mol. The van der Waals surface area contributed by atoms with Crippen LogP contribution in [0.3, 0.4) is 0 Å². The van der Waals surface area contributed by atoms with Crippen LogP contribution in [0.25, 0.3) is 10.8 Å². The van der Waals surface area contributed by atoms with Crippen LogP contribution < -0.4 is 61.4 Å². The normalized spacial score (nSPS) is 15.2. The van der Waals surface area contributed by atoms with Crippen LogP contribution >= 0.6 is 0 Å². The highest BCUT2D eigenvalue weighted by molar-refractivity contribution is 5.99. The van der Waals surface area contributed by atoms with Gasteiger partial charge in [-0.2, -0.15) is 0 Å². The van der Waals surface area contributed by atoms with Crippen molar-refractivity contribution >= 4 is 81.4 Å². The molecule has 19 N–H and O–H groups in total. The Labute approximate surface area is 518 Å². The van der Waals surface area contributed by atoms with Gasteiger partial charge >= 0.3 is 0 Å². The van der Waals surface area contributed by atoms with Crippen LogP contribution in [0, 0.1) is 23.7 Å². The Morgan fingerprint density at radius 2 is 1.12 bits per heavy atom. The fourth-order valence-electron chi connectivity index (χ4n) is 11.0. The van der Waals surface area contributed by atoms with Crippen LogP contribution in [0.5, 0.6) is 5.75 Å². The number of amides is 7. The number of phenolic OH excluding ortho intramolecular Hbond substituents is 1. The number of hydrogen-bond acceptors (Lipinski definition) is 14. The zero-order valence-electron chi connectivity index (χ0n) is 50.8. The average Bonchev–Trinajstić information content (AvgIpc) is 2.87. The Hall–Kier alpha value is -9.26. The van der Waals surface area contributed by atoms with E-state index < -0.39 is 114 Å². The van der Waals surface area contributed by atoms with E-state index in [-0.39, 0.29) is 133 Å². The molecule has 0 bridgehead atoms. The fraction of sp³-hybridized carbons (Fsp3) is 0.469. The quantitative estimate of drug-likeness (QED) is 0.0170. The third-order valence-electron chi connectivity index (χ3n) is 15.5. The number of guanidine groups is 2. The number of nitrogens with two attached hydrogens (primary N) is 7. The molecule has 0 radical (unpaired) electrons. The van der Waals surface area contributed by atoms with Gasteiger partial charge in [-0.1, -0.05) is 98.8 Å². The van der Waals surface area contributed by atoms with Gasteiger partial charge in [0.1, 0.15) is 29.7 Å². The molecule has 1 heterocycles. The van der Waals surface area contributed by atoms with Crippen molar-refractivity contribution in [1.29, 1.82) is 0 Å². The minimum atomic E-state index is -1.49. The van der Waals surface area contributed by atoms with Gasteiger partial charge in [0, 0.05) is 63.1 Å². The number of ketones is 3. The topological polar surface area (TPSA) is 449 Å². The fourth-order valence-corrected chi connectivity index (χ4v) is 11.0. The van der Waals surface area contributed by atoms with Crippen molar-refractivity contribution in [2.75, 3.05) is 26.2 Å². The summed E-state index contributed by atoms with van der Waals surface area (Å²) in [6, 6.07) is 22.2. The molecule has 0 saturated carbocycles. The molecule has 5 rings (SSSR count). The molecule has 0 spiro atoms. The molecule has 0 unspecified atom stereocenters. The Morgan fingerprint density at radius 1 is 0.573 bits per heavy atom. The van der Waals surface area contributed by atoms with Crippen LogP contribution in [0.1, 0.15) is 108 Å². The summed E-state index contributed by atoms with van der Waals surface area (Å²) in [5.41, 5.74) is 40.8. The SMILES string of the molecule is CC(C)C[C@H](CC(=O)[C@H](Cc1ccc2ccccc2c1)NC(=O)[C@@H](CC(=O)CCN)Cc1ccc(O)cc1)C(=O)N[C@@H](Cc1ccccc1)C(=O)C[C@@H](CCCN=C(N)N)C(=O)N1CCC[C@H]1C(=O)N[C@@H](CCCN=C(N)N)C(=O)N[C@@H](CC(N)=O)C(N)=O. The number of phenols is 1. The Bertz CT molecular complexity index is 3150. The molecular weight excluding hydrogens is 1140 g/mol. The number of benzene rings is 4. The molecule has 4 aromatic carbocycles. The summed E-state index contributed by atoms with van der Waals surface area (Å²) in [4.78, 5) is 149. The van der Waals surface area contributed by atoms with Gasteiger partial charge in [0.25, 0.3) is 0 Å². The second-order valence-corrected chi connectivity index (χ2v) is 23.2. The molecule has 1 fully saturated rings. The number of fused-ring (bicyclic) bond motifs is 1. The van der Waals surface area contributed by atoms with Crippen LogP contribution in [0.2, 0.25) is 0 Å². The Balaban J connectivity index is 1.44. The summed E-state index contributed by atoms with van der Waals surface area (Å²) in [6.07, 6.45) is -0.235. The first-order valence-corrected chi connectivity index (χ1v) is 30.2. The van der Waals surface area contributed by atoms with Crippen molar-refractivity contribution in [3.8, 4) is 5.75 Å². The van der Waals surface area contributed by atoms with Crippen molar-refractivity contribution in [1.82, 2.24) is 26.2 Å². The van der Waals surface area contributed by atoms with Gasteiger partial charge in [-0.3, -0.25) is 57.9 Å². The standard InChI is InChI=1S/C64H88N14O11/c1-38(2)29-45(36-55(82)51(33-41-18-21-42-13-6-7-14-43(42)31-41)76-59(86)46(34-48(80)24-25-65)30-40-19-22-47(79)23-20-40)58(85)75-50(32-39-11-4-3-5-12-39)54(81)35-44(15-8-26-72-63(68)69)62(89)78-28-10-17-53(78)61(88)74-49(16-9-27-73-64(70)71)60(87)77-52(57(67)84)37-56(66)83/h3-7,11-14,18-23,31,38,44-46,49-53,79H,8-10,15-17,24-30,32-37,65H2,1-2H3,(H2,66,83)(H2,67,84)(H,74,88)(H,75,85)(H,76,86)(H,77,87)(H4,68,69,72)(H4,70,71,73)/t44-,45-,46-,49+,50+,51+,52+,53+/m1/s1. The lowest BCUT2D eigenvalue weighted by molar-refractivity contribution is -0.144. The monoisotopic (exact) mass is 1230 g/mol. The summed E-state index contributed by atoms with van der Waals surface area (Å²) >= 11 is 0. The van der Waals surface area contributed by atoms with E-state index in [1.807, 2.05) is 56.3 Å². The Morgan fingerprint density at radius 3 is 1.72 bits per heavy atom. The predicted octanol–water partition coefficient (Wildman–Crippen LogP) is 1.09. The molecule has 8 atom stereocenters. The van der Waals surface area contributed by atoms with E-state index >= 15 is 9.59 Å². The highest BCUT2D eigenvalue weighted by atomic mass is 16.3. The molecule has 89 heavy (non-hydrogen) atoms. The second kappa shape index (κ2) is 35.5. The first kappa shape index (κ1) is 70.5. The zero-order valence-corrected chi connectivity index (χ0v) is 50.8. The number of aliphatic imine (C=N–C) groups is 2. The molecule has 1 saturated heterocycles. The number of nitrogens with one attached hydrogen (secondary N) is 4. The van der Waals surface area contributed by atoms with Crippen molar-refractivity contribution in [2.45, 2.75) is 140 Å². The minimum Gasteiger partial charge on any atom is -0.508 e. The number of Topliss-reactive ketones (excluding diaryl/α,β-unsaturated/α-hetero) is 3. The second-order valence-electron chi connectivity index (χ2n) is 23.2. The zero-order chi connectivity index (χ0) is 65.2. The van der Waals surface area contributed by atoms with E-state index in [0.717, 1.165) is 16.3 Å². The summed E-state index contributed by atoms with van der Waals surface area (Å²) < 4.78 is 0. The summed E-state index contributed by atoms with van der Waals surface area (Å²) in [5.74, 6) is -10.1. The number of hydrogen-bond donors (Lipinski definition) is 12. The van der Waals surface area contributed by atoms with Crippen molar-refractivity contribution < 1.29 is 53.1 Å². The van der Waals surface area contributed by atoms with Gasteiger partial charge < -0.3 is 71.4 Å². The van der Waals surface area contributed by atoms with Crippen LogP contribution in [-0.2, 0) is 67.2 Å². The number of primary amides is 2. The number of aromatic hydroxyl groups is 1. The third kappa shape index (κ3) is 23.7. The maximum atomic E-state index is 15.1. The molecule has 0 aliphatic carbocycles. The number of nitrogens with zero attached hydrogens (tertiary/aromatic N) is 3. The third-order valence-corrected chi connectivity index (χ3v) is 15.5. The van der Waals surface area contributed by atoms with E-state index in [1.165, 1.54) is 17.0 Å². The molecule has 0 aromatic heterocycles.